The number of aromatic nitrogens is 1. The molecule has 0 atom stereocenters. The number of nitrogens with zero attached hydrogens (tertiary/aromatic N) is 1. The van der Waals surface area contributed by atoms with Crippen molar-refractivity contribution in [2.24, 2.45) is 0 Å². The van der Waals surface area contributed by atoms with Crippen molar-refractivity contribution in [1.82, 2.24) is 9.69 Å². The average molecular weight is 303 g/mol. The first-order chi connectivity index (χ1) is 7.27. The molecule has 2 nitrogen and oxygen atoms in total. The second kappa shape index (κ2) is 5.21. The van der Waals surface area contributed by atoms with Gasteiger partial charge in [0.05, 0.1) is 0 Å². The molecule has 0 saturated carbocycles. The molecule has 15 heavy (non-hydrogen) atoms. The van der Waals surface area contributed by atoms with E-state index in [1.807, 2.05) is 6.20 Å². The normalized spacial score (nSPS) is 10.8. The third kappa shape index (κ3) is 2.87. The molecule has 0 amide bonds. The Morgan fingerprint density at radius 2 is 2.20 bits per heavy atom. The molecule has 0 aliphatic rings. The van der Waals surface area contributed by atoms with Crippen molar-refractivity contribution in [3.05, 3.63) is 37.4 Å². The van der Waals surface area contributed by atoms with Crippen LogP contribution in [0, 0.1) is 6.92 Å². The van der Waals surface area contributed by atoms with Gasteiger partial charge in [0, 0.05) is 33.5 Å². The molecular formula is C10H11BrN2S2. The minimum absolute atomic E-state index is 0.904. The van der Waals surface area contributed by atoms with Crippen LogP contribution in [-0.2, 0) is 13.1 Å². The summed E-state index contributed by atoms with van der Waals surface area (Å²) in [6, 6.07) is 2.08. The fraction of sp³-hybridized carbons (Fsp3) is 0.300. The molecule has 2 rings (SSSR count). The highest BCUT2D eigenvalue weighted by Crippen LogP contribution is 2.22. The first-order valence-corrected chi connectivity index (χ1v) is 7.04. The molecule has 0 aliphatic carbocycles. The highest BCUT2D eigenvalue weighted by Gasteiger charge is 2.03. The maximum Gasteiger partial charge on any atom is 0.0439 e. The SMILES string of the molecule is Cc1cnsc1CNCc1sccc1Br. The number of nitrogens with one attached hydrogen (secondary N) is 1. The maximum atomic E-state index is 4.15. The van der Waals surface area contributed by atoms with E-state index >= 15 is 0 Å². The number of thiophene rings is 1. The standard InChI is InChI=1S/C10H11BrN2S2/c1-7-4-13-15-9(7)5-12-6-10-8(11)2-3-14-10/h2-4,12H,5-6H2,1H3. The molecule has 2 heterocycles. The highest BCUT2D eigenvalue weighted by atomic mass is 79.9. The maximum absolute atomic E-state index is 4.15. The summed E-state index contributed by atoms with van der Waals surface area (Å²) in [4.78, 5) is 2.67. The molecule has 0 aliphatic heterocycles. The van der Waals surface area contributed by atoms with Crippen molar-refractivity contribution in [3.8, 4) is 0 Å². The van der Waals surface area contributed by atoms with E-state index in [0.717, 1.165) is 13.1 Å². The molecule has 0 bridgehead atoms. The molecule has 0 aromatic carbocycles. The number of hydrogen-bond donors (Lipinski definition) is 1. The number of rotatable bonds is 4. The molecule has 2 aromatic heterocycles. The van der Waals surface area contributed by atoms with Gasteiger partial charge in [-0.3, -0.25) is 0 Å². The van der Waals surface area contributed by atoms with E-state index in [2.05, 4.69) is 44.0 Å². The van der Waals surface area contributed by atoms with E-state index in [-0.39, 0.29) is 0 Å². The lowest BCUT2D eigenvalue weighted by atomic mass is 10.3. The van der Waals surface area contributed by atoms with Gasteiger partial charge in [0.2, 0.25) is 0 Å². The van der Waals surface area contributed by atoms with E-state index in [0.29, 0.717) is 0 Å². The van der Waals surface area contributed by atoms with Crippen LogP contribution in [0.1, 0.15) is 15.3 Å². The van der Waals surface area contributed by atoms with Crippen LogP contribution in [0.2, 0.25) is 0 Å². The van der Waals surface area contributed by atoms with Gasteiger partial charge in [0.15, 0.2) is 0 Å². The quantitative estimate of drug-likeness (QED) is 0.934. The van der Waals surface area contributed by atoms with Crippen LogP contribution in [-0.4, -0.2) is 4.37 Å². The molecule has 1 N–H and O–H groups in total. The predicted octanol–water partition coefficient (Wildman–Crippen LogP) is 3.57. The lowest BCUT2D eigenvalue weighted by Crippen LogP contribution is -2.11. The molecule has 2 aromatic rings. The summed E-state index contributed by atoms with van der Waals surface area (Å²) >= 11 is 6.86. The van der Waals surface area contributed by atoms with Gasteiger partial charge in [-0.2, -0.15) is 0 Å². The summed E-state index contributed by atoms with van der Waals surface area (Å²) in [5.41, 5.74) is 1.28. The Morgan fingerprint density at radius 3 is 2.80 bits per heavy atom. The third-order valence-corrected chi connectivity index (χ3v) is 4.94. The van der Waals surface area contributed by atoms with Gasteiger partial charge < -0.3 is 5.32 Å². The Balaban J connectivity index is 1.86. The summed E-state index contributed by atoms with van der Waals surface area (Å²) in [6.07, 6.45) is 1.92. The van der Waals surface area contributed by atoms with Gasteiger partial charge in [-0.25, -0.2) is 4.37 Å². The summed E-state index contributed by atoms with van der Waals surface area (Å²) in [5.74, 6) is 0. The van der Waals surface area contributed by atoms with Gasteiger partial charge in [-0.15, -0.1) is 11.3 Å². The van der Waals surface area contributed by atoms with Crippen molar-refractivity contribution >= 4 is 38.8 Å². The number of hydrogen-bond acceptors (Lipinski definition) is 4. The first-order valence-electron chi connectivity index (χ1n) is 4.60. The topological polar surface area (TPSA) is 24.9 Å². The van der Waals surface area contributed by atoms with Crippen LogP contribution >= 0.6 is 38.8 Å². The molecule has 0 unspecified atom stereocenters. The van der Waals surface area contributed by atoms with Gasteiger partial charge in [0.25, 0.3) is 0 Å². The minimum Gasteiger partial charge on any atom is -0.307 e. The minimum atomic E-state index is 0.904. The van der Waals surface area contributed by atoms with E-state index in [9.17, 15) is 0 Å². The van der Waals surface area contributed by atoms with Crippen molar-refractivity contribution in [1.29, 1.82) is 0 Å². The Hall–Kier alpha value is -0.230. The Bertz CT molecular complexity index is 396. The fourth-order valence-corrected chi connectivity index (χ4v) is 3.39. The highest BCUT2D eigenvalue weighted by molar-refractivity contribution is 9.10. The third-order valence-electron chi connectivity index (χ3n) is 2.11. The van der Waals surface area contributed by atoms with Crippen LogP contribution < -0.4 is 5.32 Å². The van der Waals surface area contributed by atoms with Crippen molar-refractivity contribution in [3.63, 3.8) is 0 Å². The van der Waals surface area contributed by atoms with Crippen LogP contribution in [0.3, 0.4) is 0 Å². The number of aryl methyl sites for hydroxylation is 1. The lowest BCUT2D eigenvalue weighted by molar-refractivity contribution is 0.705. The van der Waals surface area contributed by atoms with Crippen molar-refractivity contribution in [2.75, 3.05) is 0 Å². The zero-order valence-corrected chi connectivity index (χ0v) is 11.5. The van der Waals surface area contributed by atoms with Crippen LogP contribution in [0.4, 0.5) is 0 Å². The van der Waals surface area contributed by atoms with E-state index < -0.39 is 0 Å². The van der Waals surface area contributed by atoms with E-state index in [1.165, 1.54) is 19.8 Å². The molecule has 0 spiro atoms. The Labute approximate surface area is 106 Å². The lowest BCUT2D eigenvalue weighted by Gasteiger charge is -2.02. The smallest absolute Gasteiger partial charge is 0.0439 e. The predicted molar refractivity (Wildman–Crippen MR) is 69.4 cm³/mol. The van der Waals surface area contributed by atoms with Gasteiger partial charge in [-0.1, -0.05) is 0 Å². The second-order valence-electron chi connectivity index (χ2n) is 3.23. The van der Waals surface area contributed by atoms with Gasteiger partial charge in [0.1, 0.15) is 0 Å². The van der Waals surface area contributed by atoms with Crippen molar-refractivity contribution in [2.45, 2.75) is 20.0 Å². The molecule has 0 radical (unpaired) electrons. The number of halogens is 1. The van der Waals surface area contributed by atoms with Crippen LogP contribution in [0.25, 0.3) is 0 Å². The van der Waals surface area contributed by atoms with Gasteiger partial charge in [-0.05, 0) is 51.4 Å². The average Bonchev–Trinajstić information content (AvgIpc) is 2.78. The largest absolute Gasteiger partial charge is 0.307 e. The zero-order valence-electron chi connectivity index (χ0n) is 8.29. The molecule has 0 fully saturated rings. The summed E-state index contributed by atoms with van der Waals surface area (Å²) in [7, 11) is 0. The van der Waals surface area contributed by atoms with Crippen LogP contribution in [0.5, 0.6) is 0 Å². The monoisotopic (exact) mass is 302 g/mol. The summed E-state index contributed by atoms with van der Waals surface area (Å²) < 4.78 is 5.35. The Kier molecular flexibility index (Phi) is 3.91. The fourth-order valence-electron chi connectivity index (χ4n) is 1.23. The second-order valence-corrected chi connectivity index (χ2v) is 5.97. The van der Waals surface area contributed by atoms with E-state index in [4.69, 9.17) is 0 Å². The van der Waals surface area contributed by atoms with Crippen molar-refractivity contribution < 1.29 is 0 Å². The zero-order chi connectivity index (χ0) is 10.7. The molecule has 80 valence electrons. The summed E-state index contributed by atoms with van der Waals surface area (Å²) in [6.45, 7) is 3.91. The Morgan fingerprint density at radius 1 is 1.40 bits per heavy atom. The van der Waals surface area contributed by atoms with Crippen LogP contribution in [0.15, 0.2) is 22.1 Å². The molecule has 5 heteroatoms. The first kappa shape index (κ1) is 11.3. The summed E-state index contributed by atoms with van der Waals surface area (Å²) in [5, 5.41) is 5.52. The van der Waals surface area contributed by atoms with Gasteiger partial charge >= 0.3 is 0 Å². The molecule has 0 saturated heterocycles. The van der Waals surface area contributed by atoms with E-state index in [1.54, 1.807) is 22.9 Å². The molecular weight excluding hydrogens is 292 g/mol.